The van der Waals surface area contributed by atoms with Crippen LogP contribution in [0.5, 0.6) is 11.5 Å². The van der Waals surface area contributed by atoms with E-state index in [2.05, 4.69) is 6.07 Å². The molecule has 2 amide bonds. The van der Waals surface area contributed by atoms with Crippen molar-refractivity contribution >= 4 is 29.3 Å². The van der Waals surface area contributed by atoms with Crippen molar-refractivity contribution in [3.63, 3.8) is 0 Å². The quantitative estimate of drug-likeness (QED) is 0.762. The maximum atomic E-state index is 13.4. The van der Waals surface area contributed by atoms with E-state index < -0.39 is 28.9 Å². The highest BCUT2D eigenvalue weighted by atomic mass is 32.2. The van der Waals surface area contributed by atoms with Crippen molar-refractivity contribution < 1.29 is 23.5 Å². The molecule has 29 heavy (non-hydrogen) atoms. The molecule has 148 valence electrons. The number of allylic oxidation sites excluding steroid dienone is 1. The molecule has 0 bridgehead atoms. The van der Waals surface area contributed by atoms with Gasteiger partial charge in [0, 0.05) is 6.07 Å². The Morgan fingerprint density at radius 1 is 1.17 bits per heavy atom. The molecule has 0 unspecified atom stereocenters. The topological polar surface area (TPSA) is 119 Å². The van der Waals surface area contributed by atoms with Crippen LogP contribution in [0.4, 0.5) is 5.69 Å². The number of carbonyl (C=O) groups excluding carboxylic acids is 2. The molecule has 1 aromatic carbocycles. The molecule has 2 N–H and O–H groups in total. The lowest BCUT2D eigenvalue weighted by Gasteiger charge is -2.28. The zero-order valence-corrected chi connectivity index (χ0v) is 16.4. The Labute approximate surface area is 170 Å². The second-order valence-electron chi connectivity index (χ2n) is 6.50. The summed E-state index contributed by atoms with van der Waals surface area (Å²) in [7, 11) is 2.97. The SMILES string of the molecule is COc1ccc(N2C(=O)[C@H]3[C@@H](c4ccco4)C(C#N)=C(N)S[C@H]3C2=O)cc1OC. The van der Waals surface area contributed by atoms with Crippen LogP contribution in [-0.4, -0.2) is 31.3 Å². The van der Waals surface area contributed by atoms with Crippen LogP contribution in [0.1, 0.15) is 11.7 Å². The van der Waals surface area contributed by atoms with Gasteiger partial charge in [-0.25, -0.2) is 4.90 Å². The first-order valence-electron chi connectivity index (χ1n) is 8.71. The van der Waals surface area contributed by atoms with Gasteiger partial charge in [-0.2, -0.15) is 5.26 Å². The third-order valence-corrected chi connectivity index (χ3v) is 6.30. The molecule has 8 nitrogen and oxygen atoms in total. The number of nitrogens with two attached hydrogens (primary N) is 1. The predicted molar refractivity (Wildman–Crippen MR) is 105 cm³/mol. The lowest BCUT2D eigenvalue weighted by Crippen LogP contribution is -2.33. The molecule has 3 heterocycles. The summed E-state index contributed by atoms with van der Waals surface area (Å²) >= 11 is 1.04. The first-order valence-corrected chi connectivity index (χ1v) is 9.59. The minimum atomic E-state index is -0.798. The van der Waals surface area contributed by atoms with Gasteiger partial charge in [-0.05, 0) is 24.3 Å². The Morgan fingerprint density at radius 2 is 1.93 bits per heavy atom. The van der Waals surface area contributed by atoms with Gasteiger partial charge in [0.2, 0.25) is 11.8 Å². The van der Waals surface area contributed by atoms with Gasteiger partial charge in [-0.15, -0.1) is 0 Å². The molecular weight excluding hydrogens is 394 g/mol. The molecule has 1 saturated heterocycles. The number of imide groups is 1. The van der Waals surface area contributed by atoms with Crippen LogP contribution in [-0.2, 0) is 9.59 Å². The number of anilines is 1. The highest BCUT2D eigenvalue weighted by molar-refractivity contribution is 8.04. The average Bonchev–Trinajstić information content (AvgIpc) is 3.34. The summed E-state index contributed by atoms with van der Waals surface area (Å²) in [5, 5.41) is 9.11. The van der Waals surface area contributed by atoms with Gasteiger partial charge in [-0.1, -0.05) is 11.8 Å². The standard InChI is InChI=1S/C20H17N3O5S/c1-26-12-6-5-10(8-14(12)27-2)23-19(24)16-15(13-4-3-7-28-13)11(9-21)18(22)29-17(16)20(23)25/h3-8,15-17H,22H2,1-2H3/t15-,16+,17-/m1/s1. The van der Waals surface area contributed by atoms with Gasteiger partial charge in [0.1, 0.15) is 11.0 Å². The van der Waals surface area contributed by atoms with Crippen molar-refractivity contribution in [2.45, 2.75) is 11.2 Å². The molecule has 2 aliphatic heterocycles. The summed E-state index contributed by atoms with van der Waals surface area (Å²) in [5.74, 6) is -1.03. The maximum Gasteiger partial charge on any atom is 0.248 e. The number of ether oxygens (including phenoxy) is 2. The maximum absolute atomic E-state index is 13.4. The van der Waals surface area contributed by atoms with Crippen molar-refractivity contribution in [3.8, 4) is 17.6 Å². The number of carbonyl (C=O) groups is 2. The van der Waals surface area contributed by atoms with E-state index in [1.54, 1.807) is 30.3 Å². The van der Waals surface area contributed by atoms with Crippen LogP contribution < -0.4 is 20.1 Å². The van der Waals surface area contributed by atoms with Crippen molar-refractivity contribution in [2.24, 2.45) is 11.7 Å². The van der Waals surface area contributed by atoms with E-state index in [4.69, 9.17) is 19.6 Å². The molecule has 2 aromatic rings. The van der Waals surface area contributed by atoms with E-state index in [0.29, 0.717) is 22.9 Å². The Bertz CT molecular complexity index is 1060. The number of hydrogen-bond donors (Lipinski definition) is 1. The van der Waals surface area contributed by atoms with Crippen LogP contribution in [0.25, 0.3) is 0 Å². The number of furan rings is 1. The number of hydrogen-bond acceptors (Lipinski definition) is 8. The minimum Gasteiger partial charge on any atom is -0.493 e. The third-order valence-electron chi connectivity index (χ3n) is 5.08. The van der Waals surface area contributed by atoms with Crippen LogP contribution in [0.2, 0.25) is 0 Å². The molecule has 2 aliphatic rings. The average molecular weight is 411 g/mol. The summed E-state index contributed by atoms with van der Waals surface area (Å²) in [6.07, 6.45) is 1.46. The van der Waals surface area contributed by atoms with E-state index in [1.165, 1.54) is 20.5 Å². The number of benzene rings is 1. The summed E-state index contributed by atoms with van der Waals surface area (Å²) in [6, 6.07) is 10.2. The smallest absolute Gasteiger partial charge is 0.248 e. The molecule has 3 atom stereocenters. The normalized spacial score (nSPS) is 23.8. The second kappa shape index (κ2) is 7.22. The first-order chi connectivity index (χ1) is 14.0. The number of fused-ring (bicyclic) bond motifs is 1. The fourth-order valence-corrected chi connectivity index (χ4v) is 4.97. The largest absolute Gasteiger partial charge is 0.493 e. The zero-order chi connectivity index (χ0) is 20.7. The van der Waals surface area contributed by atoms with Crippen LogP contribution in [0.3, 0.4) is 0 Å². The number of amides is 2. The first kappa shape index (κ1) is 19.0. The van der Waals surface area contributed by atoms with E-state index >= 15 is 0 Å². The number of nitrogens with zero attached hydrogens (tertiary/aromatic N) is 2. The van der Waals surface area contributed by atoms with Gasteiger partial charge < -0.3 is 19.6 Å². The summed E-state index contributed by atoms with van der Waals surface area (Å²) in [4.78, 5) is 27.7. The van der Waals surface area contributed by atoms with Gasteiger partial charge >= 0.3 is 0 Å². The molecule has 0 aliphatic carbocycles. The molecular formula is C20H17N3O5S. The molecule has 0 spiro atoms. The molecule has 1 fully saturated rings. The number of methoxy groups -OCH3 is 2. The Kier molecular flexibility index (Phi) is 4.72. The van der Waals surface area contributed by atoms with E-state index in [1.807, 2.05) is 0 Å². The predicted octanol–water partition coefficient (Wildman–Crippen LogP) is 2.38. The molecule has 0 saturated carbocycles. The molecule has 1 aromatic heterocycles. The van der Waals surface area contributed by atoms with Crippen molar-refractivity contribution in [3.05, 3.63) is 53.0 Å². The summed E-state index contributed by atoms with van der Waals surface area (Å²) in [5.41, 5.74) is 6.68. The van der Waals surface area contributed by atoms with Gasteiger partial charge in [0.15, 0.2) is 11.5 Å². The Balaban J connectivity index is 1.80. The highest BCUT2D eigenvalue weighted by Crippen LogP contribution is 2.51. The number of rotatable bonds is 4. The van der Waals surface area contributed by atoms with Crippen LogP contribution in [0.15, 0.2) is 51.6 Å². The van der Waals surface area contributed by atoms with Gasteiger partial charge in [0.05, 0.1) is 54.7 Å². The second-order valence-corrected chi connectivity index (χ2v) is 7.68. The minimum absolute atomic E-state index is 0.227. The lowest BCUT2D eigenvalue weighted by atomic mass is 9.82. The Hall–Kier alpha value is -3.38. The van der Waals surface area contributed by atoms with Gasteiger partial charge in [-0.3, -0.25) is 9.59 Å². The van der Waals surface area contributed by atoms with Crippen molar-refractivity contribution in [2.75, 3.05) is 19.1 Å². The zero-order valence-electron chi connectivity index (χ0n) is 15.6. The van der Waals surface area contributed by atoms with Gasteiger partial charge in [0.25, 0.3) is 0 Å². The highest BCUT2D eigenvalue weighted by Gasteiger charge is 2.56. The Morgan fingerprint density at radius 3 is 2.55 bits per heavy atom. The number of thioether (sulfide) groups is 1. The van der Waals surface area contributed by atoms with E-state index in [9.17, 15) is 14.9 Å². The fourth-order valence-electron chi connectivity index (χ4n) is 3.77. The molecule has 9 heteroatoms. The molecule has 4 rings (SSSR count). The van der Waals surface area contributed by atoms with E-state index in [0.717, 1.165) is 16.7 Å². The fraction of sp³-hybridized carbons (Fsp3) is 0.250. The number of nitriles is 1. The summed E-state index contributed by atoms with van der Waals surface area (Å²) in [6.45, 7) is 0. The molecule has 0 radical (unpaired) electrons. The third kappa shape index (κ3) is 2.84. The van der Waals surface area contributed by atoms with Crippen LogP contribution in [0, 0.1) is 17.2 Å². The lowest BCUT2D eigenvalue weighted by molar-refractivity contribution is -0.122. The van der Waals surface area contributed by atoms with Crippen molar-refractivity contribution in [1.29, 1.82) is 5.26 Å². The van der Waals surface area contributed by atoms with E-state index in [-0.39, 0.29) is 10.6 Å². The van der Waals surface area contributed by atoms with Crippen LogP contribution >= 0.6 is 11.8 Å². The van der Waals surface area contributed by atoms with Crippen molar-refractivity contribution in [1.82, 2.24) is 0 Å². The monoisotopic (exact) mass is 411 g/mol. The summed E-state index contributed by atoms with van der Waals surface area (Å²) < 4.78 is 16.0.